The molecule has 1 unspecified atom stereocenters. The van der Waals surface area contributed by atoms with Crippen LogP contribution in [0.5, 0.6) is 0 Å². The summed E-state index contributed by atoms with van der Waals surface area (Å²) in [7, 11) is 3.32. The van der Waals surface area contributed by atoms with Gasteiger partial charge < -0.3 is 9.47 Å². The minimum Gasteiger partial charge on any atom is -0.383 e. The van der Waals surface area contributed by atoms with Gasteiger partial charge in [0.2, 0.25) is 0 Å². The van der Waals surface area contributed by atoms with Gasteiger partial charge in [-0.05, 0) is 6.92 Å². The lowest BCUT2D eigenvalue weighted by atomic mass is 10.3. The topological polar surface area (TPSA) is 45.5 Å². The van der Waals surface area contributed by atoms with Crippen molar-refractivity contribution in [1.82, 2.24) is 4.90 Å². The summed E-state index contributed by atoms with van der Waals surface area (Å²) in [5.74, 6) is 0. The van der Waals surface area contributed by atoms with Crippen LogP contribution >= 0.6 is 0 Å². The first kappa shape index (κ1) is 12.4. The highest BCUT2D eigenvalue weighted by Crippen LogP contribution is 1.98. The van der Waals surface area contributed by atoms with Crippen molar-refractivity contribution in [2.24, 2.45) is 0 Å². The Morgan fingerprint density at radius 2 is 2.08 bits per heavy atom. The minimum atomic E-state index is 0.264. The van der Waals surface area contributed by atoms with Crippen LogP contribution in [0.4, 0.5) is 0 Å². The Morgan fingerprint density at radius 1 is 1.38 bits per heavy atom. The highest BCUT2D eigenvalue weighted by Gasteiger charge is 2.12. The minimum absolute atomic E-state index is 0.264. The van der Waals surface area contributed by atoms with Gasteiger partial charge in [0.1, 0.15) is 0 Å². The molecule has 0 heterocycles. The third kappa shape index (κ3) is 5.58. The molecule has 0 spiro atoms. The fraction of sp³-hybridized carbons (Fsp3) is 0.889. The van der Waals surface area contributed by atoms with Gasteiger partial charge in [-0.15, -0.1) is 0 Å². The molecule has 0 saturated heterocycles. The smallest absolute Gasteiger partial charge is 0.0869 e. The molecular weight excluding hydrogens is 168 g/mol. The normalized spacial score (nSPS) is 12.8. The molecule has 0 saturated carbocycles. The molecule has 4 heteroatoms. The van der Waals surface area contributed by atoms with Crippen LogP contribution in [0.1, 0.15) is 6.92 Å². The van der Waals surface area contributed by atoms with Crippen molar-refractivity contribution in [2.45, 2.75) is 13.0 Å². The Morgan fingerprint density at radius 3 is 2.54 bits per heavy atom. The maximum absolute atomic E-state index is 8.58. The summed E-state index contributed by atoms with van der Waals surface area (Å²) >= 11 is 0. The first-order chi connectivity index (χ1) is 6.26. The molecule has 0 N–H and O–H groups in total. The van der Waals surface area contributed by atoms with Gasteiger partial charge in [-0.25, -0.2) is 0 Å². The second-order valence-corrected chi connectivity index (χ2v) is 2.93. The molecule has 0 aromatic heterocycles. The summed E-state index contributed by atoms with van der Waals surface area (Å²) in [4.78, 5) is 2.03. The molecule has 13 heavy (non-hydrogen) atoms. The fourth-order valence-electron chi connectivity index (χ4n) is 1.10. The van der Waals surface area contributed by atoms with Gasteiger partial charge in [-0.3, -0.25) is 4.90 Å². The molecule has 0 amide bonds. The van der Waals surface area contributed by atoms with Gasteiger partial charge in [-0.1, -0.05) is 0 Å². The Balaban J connectivity index is 3.84. The summed E-state index contributed by atoms with van der Waals surface area (Å²) in [6.07, 6.45) is 0. The lowest BCUT2D eigenvalue weighted by molar-refractivity contribution is 0.0834. The number of rotatable bonds is 7. The quantitative estimate of drug-likeness (QED) is 0.543. The number of ether oxygens (including phenoxy) is 2. The van der Waals surface area contributed by atoms with E-state index in [1.165, 1.54) is 0 Å². The van der Waals surface area contributed by atoms with Gasteiger partial charge in [0.15, 0.2) is 0 Å². The Bertz CT molecular complexity index is 156. The van der Waals surface area contributed by atoms with Crippen LogP contribution in [-0.2, 0) is 9.47 Å². The molecule has 0 fully saturated rings. The summed E-state index contributed by atoms with van der Waals surface area (Å²) in [6, 6.07) is 2.39. The van der Waals surface area contributed by atoms with Crippen LogP contribution in [0.2, 0.25) is 0 Å². The van der Waals surface area contributed by atoms with E-state index in [-0.39, 0.29) is 6.04 Å². The molecule has 0 aromatic carbocycles. The van der Waals surface area contributed by atoms with Crippen LogP contribution < -0.4 is 0 Å². The van der Waals surface area contributed by atoms with Crippen LogP contribution in [0.3, 0.4) is 0 Å². The third-order valence-electron chi connectivity index (χ3n) is 1.89. The molecule has 0 aliphatic heterocycles. The number of methoxy groups -OCH3 is 2. The van der Waals surface area contributed by atoms with E-state index in [9.17, 15) is 0 Å². The molecule has 0 aromatic rings. The zero-order chi connectivity index (χ0) is 10.1. The van der Waals surface area contributed by atoms with Crippen LogP contribution in [0.15, 0.2) is 0 Å². The number of hydrogen-bond donors (Lipinski definition) is 0. The van der Waals surface area contributed by atoms with Crippen LogP contribution in [0, 0.1) is 11.3 Å². The molecule has 76 valence electrons. The van der Waals surface area contributed by atoms with Crippen molar-refractivity contribution in [3.05, 3.63) is 0 Å². The first-order valence-corrected chi connectivity index (χ1v) is 4.35. The Hall–Kier alpha value is -0.630. The van der Waals surface area contributed by atoms with Gasteiger partial charge in [0.25, 0.3) is 0 Å². The third-order valence-corrected chi connectivity index (χ3v) is 1.89. The van der Waals surface area contributed by atoms with E-state index in [0.29, 0.717) is 19.8 Å². The predicted octanol–water partition coefficient (Wildman–Crippen LogP) is 0.493. The summed E-state index contributed by atoms with van der Waals surface area (Å²) in [5, 5.41) is 8.58. The van der Waals surface area contributed by atoms with Crippen molar-refractivity contribution >= 4 is 0 Å². The molecule has 0 bridgehead atoms. The maximum Gasteiger partial charge on any atom is 0.0869 e. The van der Waals surface area contributed by atoms with E-state index in [1.54, 1.807) is 14.2 Å². The van der Waals surface area contributed by atoms with Crippen molar-refractivity contribution in [3.63, 3.8) is 0 Å². The van der Waals surface area contributed by atoms with Crippen LogP contribution in [-0.4, -0.2) is 51.5 Å². The first-order valence-electron chi connectivity index (χ1n) is 4.35. The molecule has 0 aliphatic carbocycles. The van der Waals surface area contributed by atoms with Crippen molar-refractivity contribution in [2.75, 3.05) is 40.5 Å². The van der Waals surface area contributed by atoms with E-state index in [2.05, 4.69) is 6.07 Å². The van der Waals surface area contributed by atoms with E-state index in [1.807, 2.05) is 11.8 Å². The maximum atomic E-state index is 8.58. The summed E-state index contributed by atoms with van der Waals surface area (Å²) in [6.45, 7) is 4.53. The van der Waals surface area contributed by atoms with E-state index < -0.39 is 0 Å². The SMILES string of the molecule is COCCN(CC#N)C(C)COC. The second-order valence-electron chi connectivity index (χ2n) is 2.93. The molecule has 0 aliphatic rings. The highest BCUT2D eigenvalue weighted by atomic mass is 16.5. The van der Waals surface area contributed by atoms with Gasteiger partial charge in [-0.2, -0.15) is 5.26 Å². The summed E-state index contributed by atoms with van der Waals surface area (Å²) in [5.41, 5.74) is 0. The van der Waals surface area contributed by atoms with Crippen molar-refractivity contribution in [3.8, 4) is 6.07 Å². The molecule has 0 radical (unpaired) electrons. The largest absolute Gasteiger partial charge is 0.383 e. The zero-order valence-corrected chi connectivity index (χ0v) is 8.62. The second kappa shape index (κ2) is 7.99. The molecule has 1 atom stereocenters. The standard InChI is InChI=1S/C9H18N2O2/c1-9(8-13-3)11(5-4-10)6-7-12-2/h9H,5-8H2,1-3H3. The Kier molecular flexibility index (Phi) is 7.60. The van der Waals surface area contributed by atoms with Gasteiger partial charge in [0.05, 0.1) is 25.8 Å². The lowest BCUT2D eigenvalue weighted by Crippen LogP contribution is -2.38. The summed E-state index contributed by atoms with van der Waals surface area (Å²) < 4.78 is 9.97. The molecule has 4 nitrogen and oxygen atoms in total. The van der Waals surface area contributed by atoms with E-state index in [0.717, 1.165) is 6.54 Å². The van der Waals surface area contributed by atoms with Gasteiger partial charge >= 0.3 is 0 Å². The molecule has 0 rings (SSSR count). The fourth-order valence-corrected chi connectivity index (χ4v) is 1.10. The van der Waals surface area contributed by atoms with Gasteiger partial charge in [0, 0.05) is 26.8 Å². The number of hydrogen-bond acceptors (Lipinski definition) is 4. The lowest BCUT2D eigenvalue weighted by Gasteiger charge is -2.25. The zero-order valence-electron chi connectivity index (χ0n) is 8.62. The molecular formula is C9H18N2O2. The Labute approximate surface area is 80.0 Å². The van der Waals surface area contributed by atoms with Crippen molar-refractivity contribution in [1.29, 1.82) is 5.26 Å². The van der Waals surface area contributed by atoms with Crippen LogP contribution in [0.25, 0.3) is 0 Å². The average Bonchev–Trinajstić information content (AvgIpc) is 2.12. The number of nitrogens with zero attached hydrogens (tertiary/aromatic N) is 2. The monoisotopic (exact) mass is 186 g/mol. The number of nitriles is 1. The highest BCUT2D eigenvalue weighted by molar-refractivity contribution is 4.79. The average molecular weight is 186 g/mol. The van der Waals surface area contributed by atoms with E-state index >= 15 is 0 Å². The predicted molar refractivity (Wildman–Crippen MR) is 50.4 cm³/mol. The van der Waals surface area contributed by atoms with Crippen molar-refractivity contribution < 1.29 is 9.47 Å². The van der Waals surface area contributed by atoms with E-state index in [4.69, 9.17) is 14.7 Å².